The van der Waals surface area contributed by atoms with Gasteiger partial charge < -0.3 is 0 Å². The maximum absolute atomic E-state index is 5.41. The molecule has 2 aromatic heterocycles. The number of benzene rings is 8. The summed E-state index contributed by atoms with van der Waals surface area (Å²) >= 11 is 0. The number of fused-ring (bicyclic) bond motifs is 4. The molecule has 1 atom stereocenters. The molecule has 0 bridgehead atoms. The van der Waals surface area contributed by atoms with Gasteiger partial charge in [-0.1, -0.05) is 182 Å². The summed E-state index contributed by atoms with van der Waals surface area (Å²) in [6.45, 7) is 0. The van der Waals surface area contributed by atoms with Gasteiger partial charge in [-0.25, -0.2) is 9.97 Å². The molecule has 3 heteroatoms. The van der Waals surface area contributed by atoms with Crippen LogP contribution in [-0.4, -0.2) is 15.0 Å². The lowest BCUT2D eigenvalue weighted by atomic mass is 9.81. The minimum absolute atomic E-state index is 0.0291. The Balaban J connectivity index is 1.05. The predicted molar refractivity (Wildman–Crippen MR) is 243 cm³/mol. The lowest BCUT2D eigenvalue weighted by Gasteiger charge is -2.23. The molecule has 0 amide bonds. The second kappa shape index (κ2) is 14.2. The van der Waals surface area contributed by atoms with Crippen molar-refractivity contribution in [2.24, 2.45) is 0 Å². The molecule has 1 unspecified atom stereocenters. The second-order valence-corrected chi connectivity index (χ2v) is 15.1. The molecule has 1 aliphatic rings. The molecule has 11 rings (SSSR count). The standard InChI is InChI=1S/C55H37N3/c1-3-20-43-37(13-1)15-10-26-45(43)52-34-51(39-30-28-36(29-31-39)42-19-12-32-56-35-42)57-55(58-52)41-18-9-17-40(33-41)53-47-22-5-7-24-49(47)54(50-25-8-6-23-48(50)53)46-27-11-16-38-14-2-4-21-44(38)46/h1-32,34-35,41H,33H2. The first-order valence-corrected chi connectivity index (χ1v) is 19.9. The Kier molecular flexibility index (Phi) is 8.29. The first kappa shape index (κ1) is 33.8. The van der Waals surface area contributed by atoms with Crippen LogP contribution in [-0.2, 0) is 0 Å². The van der Waals surface area contributed by atoms with Gasteiger partial charge in [-0.3, -0.25) is 4.98 Å². The topological polar surface area (TPSA) is 38.7 Å². The number of rotatable bonds is 6. The van der Waals surface area contributed by atoms with E-state index in [-0.39, 0.29) is 5.92 Å². The summed E-state index contributed by atoms with van der Waals surface area (Å²) in [5.41, 5.74) is 11.3. The van der Waals surface area contributed by atoms with Crippen molar-refractivity contribution in [2.45, 2.75) is 12.3 Å². The highest BCUT2D eigenvalue weighted by atomic mass is 14.9. The summed E-state index contributed by atoms with van der Waals surface area (Å²) in [5, 5.41) is 9.89. The van der Waals surface area contributed by atoms with Crippen molar-refractivity contribution in [1.29, 1.82) is 0 Å². The van der Waals surface area contributed by atoms with Crippen molar-refractivity contribution in [3.8, 4) is 44.8 Å². The second-order valence-electron chi connectivity index (χ2n) is 15.1. The van der Waals surface area contributed by atoms with E-state index >= 15 is 0 Å². The smallest absolute Gasteiger partial charge is 0.136 e. The van der Waals surface area contributed by atoms with E-state index < -0.39 is 0 Å². The summed E-state index contributed by atoms with van der Waals surface area (Å²) in [7, 11) is 0. The average Bonchev–Trinajstić information content (AvgIpc) is 3.30. The van der Waals surface area contributed by atoms with Gasteiger partial charge in [0.05, 0.1) is 11.4 Å². The van der Waals surface area contributed by atoms with Gasteiger partial charge in [-0.15, -0.1) is 0 Å². The van der Waals surface area contributed by atoms with E-state index in [0.717, 1.165) is 45.9 Å². The van der Waals surface area contributed by atoms with Gasteiger partial charge in [0.25, 0.3) is 0 Å². The highest BCUT2D eigenvalue weighted by Crippen LogP contribution is 2.46. The summed E-state index contributed by atoms with van der Waals surface area (Å²) in [5.74, 6) is 0.790. The summed E-state index contributed by atoms with van der Waals surface area (Å²) < 4.78 is 0. The van der Waals surface area contributed by atoms with Crippen LogP contribution in [0.15, 0.2) is 207 Å². The molecule has 0 fully saturated rings. The van der Waals surface area contributed by atoms with Crippen LogP contribution < -0.4 is 0 Å². The van der Waals surface area contributed by atoms with Crippen LogP contribution in [0.3, 0.4) is 0 Å². The fraction of sp³-hybridized carbons (Fsp3) is 0.0364. The van der Waals surface area contributed by atoms with E-state index in [2.05, 4.69) is 193 Å². The predicted octanol–water partition coefficient (Wildman–Crippen LogP) is 14.3. The highest BCUT2D eigenvalue weighted by molar-refractivity contribution is 6.21. The molecule has 0 N–H and O–H groups in total. The summed E-state index contributed by atoms with van der Waals surface area (Å²) in [6, 6.07) is 63.1. The highest BCUT2D eigenvalue weighted by Gasteiger charge is 2.24. The molecule has 0 saturated carbocycles. The van der Waals surface area contributed by atoms with Crippen LogP contribution in [0.1, 0.15) is 23.7 Å². The SMILES string of the molecule is C1=CC(c2nc(-c3ccc(-c4cccnc4)cc3)cc(-c3cccc4ccccc34)n2)CC(c2c3ccccc3c(-c3cccc4ccccc34)c3ccccc23)=C1. The molecule has 58 heavy (non-hydrogen) atoms. The zero-order chi connectivity index (χ0) is 38.4. The fourth-order valence-electron chi connectivity index (χ4n) is 8.98. The first-order valence-electron chi connectivity index (χ1n) is 19.9. The maximum atomic E-state index is 5.41. The van der Waals surface area contributed by atoms with E-state index in [0.29, 0.717) is 0 Å². The normalized spacial score (nSPS) is 14.0. The van der Waals surface area contributed by atoms with Crippen LogP contribution in [0.2, 0.25) is 0 Å². The zero-order valence-electron chi connectivity index (χ0n) is 31.8. The molecule has 2 heterocycles. The monoisotopic (exact) mass is 739 g/mol. The molecule has 0 radical (unpaired) electrons. The van der Waals surface area contributed by atoms with Crippen LogP contribution in [0.5, 0.6) is 0 Å². The molecule has 0 spiro atoms. The van der Waals surface area contributed by atoms with Crippen LogP contribution in [0.25, 0.3) is 93.4 Å². The van der Waals surface area contributed by atoms with Gasteiger partial charge in [-0.2, -0.15) is 0 Å². The summed E-state index contributed by atoms with van der Waals surface area (Å²) in [4.78, 5) is 15.1. The lowest BCUT2D eigenvalue weighted by molar-refractivity contribution is 0.786. The van der Waals surface area contributed by atoms with Gasteiger partial charge in [0.2, 0.25) is 0 Å². The Morgan fingerprint density at radius 1 is 0.431 bits per heavy atom. The number of pyridine rings is 1. The Hall–Kier alpha value is -7.49. The van der Waals surface area contributed by atoms with Gasteiger partial charge in [-0.05, 0) is 95.0 Å². The first-order chi connectivity index (χ1) is 28.8. The molecular formula is C55H37N3. The van der Waals surface area contributed by atoms with E-state index in [1.54, 1.807) is 0 Å². The quantitative estimate of drug-likeness (QED) is 0.159. The van der Waals surface area contributed by atoms with Crippen LogP contribution >= 0.6 is 0 Å². The summed E-state index contributed by atoms with van der Waals surface area (Å²) in [6.07, 6.45) is 11.3. The third-order valence-electron chi connectivity index (χ3n) is 11.7. The van der Waals surface area contributed by atoms with E-state index in [4.69, 9.17) is 9.97 Å². The van der Waals surface area contributed by atoms with Gasteiger partial charge in [0.1, 0.15) is 5.82 Å². The molecular weight excluding hydrogens is 703 g/mol. The minimum Gasteiger partial charge on any atom is -0.264 e. The largest absolute Gasteiger partial charge is 0.264 e. The molecule has 0 saturated heterocycles. The van der Waals surface area contributed by atoms with E-state index in [1.807, 2.05) is 18.5 Å². The number of allylic oxidation sites excluding steroid dienone is 4. The van der Waals surface area contributed by atoms with Crippen molar-refractivity contribution in [3.05, 3.63) is 218 Å². The third kappa shape index (κ3) is 5.88. The fourth-order valence-corrected chi connectivity index (χ4v) is 8.98. The van der Waals surface area contributed by atoms with Crippen molar-refractivity contribution in [1.82, 2.24) is 15.0 Å². The van der Waals surface area contributed by atoms with Crippen LogP contribution in [0.4, 0.5) is 0 Å². The molecule has 1 aliphatic carbocycles. The van der Waals surface area contributed by atoms with Gasteiger partial charge >= 0.3 is 0 Å². The van der Waals surface area contributed by atoms with Gasteiger partial charge in [0, 0.05) is 29.4 Å². The molecule has 0 aliphatic heterocycles. The zero-order valence-corrected chi connectivity index (χ0v) is 31.8. The van der Waals surface area contributed by atoms with Crippen molar-refractivity contribution >= 4 is 48.7 Å². The lowest BCUT2D eigenvalue weighted by Crippen LogP contribution is -2.08. The third-order valence-corrected chi connectivity index (χ3v) is 11.7. The molecule has 3 nitrogen and oxygen atoms in total. The van der Waals surface area contributed by atoms with Crippen molar-refractivity contribution < 1.29 is 0 Å². The minimum atomic E-state index is -0.0291. The maximum Gasteiger partial charge on any atom is 0.136 e. The van der Waals surface area contributed by atoms with Crippen LogP contribution in [0, 0.1) is 0 Å². The Morgan fingerprint density at radius 2 is 0.983 bits per heavy atom. The number of hydrogen-bond acceptors (Lipinski definition) is 3. The number of aromatic nitrogens is 3. The Labute approximate surface area is 337 Å². The molecule has 272 valence electrons. The van der Waals surface area contributed by atoms with Gasteiger partial charge in [0.15, 0.2) is 0 Å². The van der Waals surface area contributed by atoms with Crippen molar-refractivity contribution in [3.63, 3.8) is 0 Å². The number of hydrogen-bond donors (Lipinski definition) is 0. The molecule has 10 aromatic rings. The van der Waals surface area contributed by atoms with Crippen molar-refractivity contribution in [2.75, 3.05) is 0 Å². The van der Waals surface area contributed by atoms with E-state index in [1.165, 1.54) is 65.4 Å². The molecule has 8 aromatic carbocycles. The Morgan fingerprint density at radius 3 is 1.64 bits per heavy atom. The number of nitrogens with zero attached hydrogens (tertiary/aromatic N) is 3. The Bertz CT molecular complexity index is 3180. The average molecular weight is 740 g/mol. The van der Waals surface area contributed by atoms with E-state index in [9.17, 15) is 0 Å².